The summed E-state index contributed by atoms with van der Waals surface area (Å²) in [6, 6.07) is 0. The minimum absolute atomic E-state index is 0.0757. The minimum atomic E-state index is -1.13. The van der Waals surface area contributed by atoms with Gasteiger partial charge in [0.15, 0.2) is 5.78 Å². The second-order valence-corrected chi connectivity index (χ2v) is 20.1. The van der Waals surface area contributed by atoms with Crippen molar-refractivity contribution in [2.45, 2.75) is 153 Å². The molecule has 3 aliphatic rings. The maximum Gasteiger partial charge on any atom is 0.321 e. The molecule has 9 heteroatoms. The first-order valence-electron chi connectivity index (χ1n) is 24.6. The average Bonchev–Trinajstić information content (AvgIpc) is 3.99. The number of carbonyl (C=O) groups is 3. The van der Waals surface area contributed by atoms with E-state index < -0.39 is 11.9 Å². The zero-order valence-electron chi connectivity index (χ0n) is 41.0. The number of fused-ring (bicyclic) bond motifs is 7. The lowest BCUT2D eigenvalue weighted by atomic mass is 9.85. The number of carbonyl (C=O) groups excluding carboxylic acids is 3. The van der Waals surface area contributed by atoms with E-state index in [0.29, 0.717) is 35.8 Å². The van der Waals surface area contributed by atoms with Crippen LogP contribution >= 0.6 is 0 Å². The Morgan fingerprint density at radius 3 is 2.00 bits per heavy atom. The Kier molecular flexibility index (Phi) is 16.3. The molecule has 0 radical (unpaired) electrons. The molecule has 8 bridgehead atoms. The summed E-state index contributed by atoms with van der Waals surface area (Å²) in [5.41, 5.74) is 11.3. The van der Waals surface area contributed by atoms with Crippen LogP contribution in [0, 0.1) is 62.2 Å². The van der Waals surface area contributed by atoms with E-state index in [2.05, 4.69) is 107 Å². The van der Waals surface area contributed by atoms with Gasteiger partial charge in [0.25, 0.3) is 0 Å². The van der Waals surface area contributed by atoms with E-state index in [4.69, 9.17) is 9.47 Å². The molecule has 3 aromatic heterocycles. The molecular weight excluding hydrogens is 797 g/mol. The van der Waals surface area contributed by atoms with Crippen LogP contribution in [0.5, 0.6) is 0 Å². The number of nitrogens with one attached hydrogen (secondary N) is 4. The van der Waals surface area contributed by atoms with Crippen molar-refractivity contribution in [2.75, 3.05) is 13.7 Å². The van der Waals surface area contributed by atoms with E-state index in [1.807, 2.05) is 13.0 Å². The van der Waals surface area contributed by atoms with Crippen molar-refractivity contribution < 1.29 is 23.9 Å². The zero-order valence-corrected chi connectivity index (χ0v) is 41.0. The second kappa shape index (κ2) is 21.5. The Morgan fingerprint density at radius 2 is 1.39 bits per heavy atom. The first-order chi connectivity index (χ1) is 30.6. The topological polar surface area (TPSA) is 129 Å². The van der Waals surface area contributed by atoms with E-state index in [-0.39, 0.29) is 30.0 Å². The number of allylic oxidation sites excluding steroid dienone is 2. The Labute approximate surface area is 383 Å². The molecule has 9 nitrogen and oxygen atoms in total. The van der Waals surface area contributed by atoms with Gasteiger partial charge in [0, 0.05) is 74.1 Å². The molecular formula is C55H78N4O5. The highest BCUT2D eigenvalue weighted by molar-refractivity contribution is 6.24. The monoisotopic (exact) mass is 875 g/mol. The molecule has 0 amide bonds. The molecule has 64 heavy (non-hydrogen) atoms. The number of esters is 2. The summed E-state index contributed by atoms with van der Waals surface area (Å²) in [6.45, 7) is 26.8. The van der Waals surface area contributed by atoms with Gasteiger partial charge >= 0.3 is 11.9 Å². The molecule has 1 saturated heterocycles. The number of ketones is 1. The van der Waals surface area contributed by atoms with E-state index >= 15 is 0 Å². The van der Waals surface area contributed by atoms with Gasteiger partial charge < -0.3 is 29.7 Å². The summed E-state index contributed by atoms with van der Waals surface area (Å²) >= 11 is 0. The van der Waals surface area contributed by atoms with Crippen LogP contribution in [0.4, 0.5) is 0 Å². The van der Waals surface area contributed by atoms with Crippen LogP contribution in [0.15, 0.2) is 18.0 Å². The van der Waals surface area contributed by atoms with Crippen molar-refractivity contribution in [2.24, 2.45) is 41.4 Å². The van der Waals surface area contributed by atoms with Crippen molar-refractivity contribution in [1.82, 2.24) is 20.3 Å². The van der Waals surface area contributed by atoms with Crippen molar-refractivity contribution in [3.05, 3.63) is 84.8 Å². The van der Waals surface area contributed by atoms with Crippen LogP contribution in [0.1, 0.15) is 186 Å². The highest BCUT2D eigenvalue weighted by Crippen LogP contribution is 2.48. The molecule has 6 rings (SSSR count). The molecule has 6 atom stereocenters. The quantitative estimate of drug-likeness (QED) is 0.0623. The van der Waals surface area contributed by atoms with Gasteiger partial charge in [0.1, 0.15) is 5.92 Å². The summed E-state index contributed by atoms with van der Waals surface area (Å²) in [6.07, 6.45) is 22.3. The maximum atomic E-state index is 14.4. The van der Waals surface area contributed by atoms with Crippen LogP contribution < -0.4 is 16.0 Å². The van der Waals surface area contributed by atoms with Crippen LogP contribution in [-0.4, -0.2) is 46.4 Å². The molecule has 5 heterocycles. The molecule has 0 saturated carbocycles. The van der Waals surface area contributed by atoms with Crippen molar-refractivity contribution in [3.8, 4) is 0 Å². The summed E-state index contributed by atoms with van der Waals surface area (Å²) in [5, 5.41) is 5.68. The SMILES string of the molecule is C=Cc1c2[nH]c(c1C)/C=C1\N/C(=C3\c4[nH]c(c(C)c4C(=O)[C@@H]3C(=O)OC)/C=c3\[nH]/c(c(C)c3CC)=C\2)[C@@H](CCC(=O)OCCC(C)CCC[C@@H](C)CCC[C@H](C)CCCC(C)C)[C@@H]1C. The van der Waals surface area contributed by atoms with Gasteiger partial charge in [-0.25, -0.2) is 0 Å². The van der Waals surface area contributed by atoms with Crippen molar-refractivity contribution in [3.63, 3.8) is 0 Å². The van der Waals surface area contributed by atoms with Gasteiger partial charge in [-0.3, -0.25) is 14.4 Å². The predicted octanol–water partition coefficient (Wildman–Crippen LogP) is 11.2. The average molecular weight is 875 g/mol. The van der Waals surface area contributed by atoms with Crippen molar-refractivity contribution >= 4 is 47.6 Å². The molecule has 3 aromatic rings. The van der Waals surface area contributed by atoms with Crippen LogP contribution in [0.25, 0.3) is 29.9 Å². The van der Waals surface area contributed by atoms with Gasteiger partial charge in [-0.1, -0.05) is 119 Å². The molecule has 4 N–H and O–H groups in total. The molecule has 348 valence electrons. The number of methoxy groups -OCH3 is 1. The number of aromatic amines is 3. The molecule has 0 aromatic carbocycles. The van der Waals surface area contributed by atoms with Gasteiger partial charge in [0.05, 0.1) is 19.4 Å². The van der Waals surface area contributed by atoms with E-state index in [0.717, 1.165) is 98.4 Å². The van der Waals surface area contributed by atoms with Crippen molar-refractivity contribution in [1.29, 1.82) is 0 Å². The highest BCUT2D eigenvalue weighted by Gasteiger charge is 2.48. The summed E-state index contributed by atoms with van der Waals surface area (Å²) in [4.78, 5) is 52.5. The summed E-state index contributed by atoms with van der Waals surface area (Å²) < 4.78 is 11.2. The number of Topliss-reactive ketones (excluding diaryl/α,β-unsaturated/α-hetero) is 1. The molecule has 1 fully saturated rings. The molecule has 2 aliphatic heterocycles. The van der Waals surface area contributed by atoms with Crippen LogP contribution in [0.3, 0.4) is 0 Å². The maximum absolute atomic E-state index is 14.4. The summed E-state index contributed by atoms with van der Waals surface area (Å²) in [5.74, 6) is 0.342. The number of rotatable bonds is 21. The third kappa shape index (κ3) is 10.7. The standard InChI is InChI=1S/C55H78N4O5/c1-13-39-35(8)42-28-44-37(10)41(24-25-48(60)64-27-26-34(7)23-17-22-33(6)21-16-20-32(5)19-15-18-31(3)4)52(58-44)50-51(55(62)63-12)54(61)49-38(11)45(59-53(49)50)30-47-40(14-2)36(9)43(57-47)29-46(39)56-42/h13,28-34,37,41,51,56-59H,1,14-27H2,2-12H3/b43-29-,44-28-,47-30-,52-50-/t32-,33+,34?,37+,41+,51-/m1/s1. The fraction of sp³-hybridized carbons (Fsp3) is 0.582. The Hall–Kier alpha value is -4.79. The lowest BCUT2D eigenvalue weighted by Gasteiger charge is -2.20. The number of H-pyrrole nitrogens is 3. The largest absolute Gasteiger partial charge is 0.468 e. The van der Waals surface area contributed by atoms with E-state index in [9.17, 15) is 14.4 Å². The first-order valence-corrected chi connectivity index (χ1v) is 24.6. The summed E-state index contributed by atoms with van der Waals surface area (Å²) in [7, 11) is 1.33. The second-order valence-electron chi connectivity index (χ2n) is 20.1. The molecule has 1 unspecified atom stereocenters. The van der Waals surface area contributed by atoms with E-state index in [1.165, 1.54) is 64.0 Å². The zero-order chi connectivity index (χ0) is 46.4. The van der Waals surface area contributed by atoms with Gasteiger partial charge in [-0.15, -0.1) is 0 Å². The smallest absolute Gasteiger partial charge is 0.321 e. The number of hydrogen-bond donors (Lipinski definition) is 4. The third-order valence-electron chi connectivity index (χ3n) is 14.9. The molecule has 1 aliphatic carbocycles. The van der Waals surface area contributed by atoms with Crippen LogP contribution in [0.2, 0.25) is 0 Å². The fourth-order valence-electron chi connectivity index (χ4n) is 10.7. The highest BCUT2D eigenvalue weighted by atomic mass is 16.5. The third-order valence-corrected chi connectivity index (χ3v) is 14.9. The minimum Gasteiger partial charge on any atom is -0.468 e. The van der Waals surface area contributed by atoms with Gasteiger partial charge in [0.2, 0.25) is 0 Å². The molecule has 0 spiro atoms. The van der Waals surface area contributed by atoms with Gasteiger partial charge in [-0.2, -0.15) is 0 Å². The predicted molar refractivity (Wildman–Crippen MR) is 262 cm³/mol. The first kappa shape index (κ1) is 48.7. The Balaban J connectivity index is 1.19. The Bertz CT molecular complexity index is 2380. The van der Waals surface area contributed by atoms with E-state index in [1.54, 1.807) is 0 Å². The lowest BCUT2D eigenvalue weighted by molar-refractivity contribution is -0.144. The number of ether oxygens (including phenoxy) is 2. The number of hydrogen-bond acceptors (Lipinski definition) is 6. The normalized spacial score (nSPS) is 22.2. The van der Waals surface area contributed by atoms with Crippen LogP contribution in [-0.2, 0) is 25.5 Å². The Morgan fingerprint density at radius 1 is 0.781 bits per heavy atom. The lowest BCUT2D eigenvalue weighted by Crippen LogP contribution is -2.25. The van der Waals surface area contributed by atoms with Gasteiger partial charge in [-0.05, 0) is 104 Å². The fourth-order valence-corrected chi connectivity index (χ4v) is 10.7. The number of aromatic nitrogens is 3.